The molecule has 0 radical (unpaired) electrons. The van der Waals surface area contributed by atoms with E-state index in [1.807, 2.05) is 18.2 Å². The summed E-state index contributed by atoms with van der Waals surface area (Å²) in [5.74, 6) is -0.610. The Kier molecular flexibility index (Phi) is 5.06. The third-order valence-corrected chi connectivity index (χ3v) is 6.78. The van der Waals surface area contributed by atoms with E-state index in [1.165, 1.54) is 18.3 Å². The lowest BCUT2D eigenvalue weighted by atomic mass is 9.95. The van der Waals surface area contributed by atoms with Crippen LogP contribution in [0.1, 0.15) is 15.9 Å². The zero-order chi connectivity index (χ0) is 20.6. The first-order chi connectivity index (χ1) is 13.8. The van der Waals surface area contributed by atoms with E-state index < -0.39 is 15.7 Å². The molecule has 8 heteroatoms. The first kappa shape index (κ1) is 19.5. The molecule has 1 saturated heterocycles. The molecule has 29 heavy (non-hydrogen) atoms. The number of rotatable bonds is 4. The van der Waals surface area contributed by atoms with Gasteiger partial charge in [0.05, 0.1) is 22.6 Å². The number of benzene rings is 2. The molecule has 2 N–H and O–H groups in total. The van der Waals surface area contributed by atoms with Crippen molar-refractivity contribution in [3.63, 3.8) is 0 Å². The molecule has 0 saturated carbocycles. The summed E-state index contributed by atoms with van der Waals surface area (Å²) in [6.07, 6.45) is 1.45. The summed E-state index contributed by atoms with van der Waals surface area (Å²) < 4.78 is 36.6. The van der Waals surface area contributed by atoms with Crippen molar-refractivity contribution in [2.45, 2.75) is 6.54 Å². The van der Waals surface area contributed by atoms with Gasteiger partial charge in [-0.05, 0) is 29.3 Å². The number of primary amides is 1. The SMILES string of the molecule is NC(=O)c1cnc2cc(CN3CCS(=O)(=O)CC3)ccc2c1-c1ccc(F)cc1. The molecule has 1 amide bonds. The summed E-state index contributed by atoms with van der Waals surface area (Å²) in [6.45, 7) is 1.64. The number of sulfone groups is 1. The molecular weight excluding hydrogens is 393 g/mol. The van der Waals surface area contributed by atoms with Gasteiger partial charge < -0.3 is 5.73 Å². The third-order valence-electron chi connectivity index (χ3n) is 5.18. The highest BCUT2D eigenvalue weighted by molar-refractivity contribution is 7.91. The highest BCUT2D eigenvalue weighted by atomic mass is 32.2. The van der Waals surface area contributed by atoms with Gasteiger partial charge in [0.2, 0.25) is 0 Å². The van der Waals surface area contributed by atoms with Gasteiger partial charge in [-0.2, -0.15) is 0 Å². The molecule has 4 rings (SSSR count). The Bertz CT molecular complexity index is 1180. The van der Waals surface area contributed by atoms with Gasteiger partial charge in [0.1, 0.15) is 5.82 Å². The number of carbonyl (C=O) groups is 1. The van der Waals surface area contributed by atoms with Crippen molar-refractivity contribution in [1.82, 2.24) is 9.88 Å². The van der Waals surface area contributed by atoms with Crippen molar-refractivity contribution in [1.29, 1.82) is 0 Å². The van der Waals surface area contributed by atoms with Crippen LogP contribution in [-0.2, 0) is 16.4 Å². The molecule has 0 atom stereocenters. The van der Waals surface area contributed by atoms with Crippen molar-refractivity contribution in [2.24, 2.45) is 5.73 Å². The summed E-state index contributed by atoms with van der Waals surface area (Å²) in [5, 5.41) is 0.748. The first-order valence-corrected chi connectivity index (χ1v) is 11.0. The van der Waals surface area contributed by atoms with Crippen LogP contribution in [-0.4, -0.2) is 48.8 Å². The number of nitrogens with zero attached hydrogens (tertiary/aromatic N) is 2. The molecule has 0 aliphatic carbocycles. The summed E-state index contributed by atoms with van der Waals surface area (Å²) in [5.41, 5.74) is 8.81. The smallest absolute Gasteiger partial charge is 0.250 e. The van der Waals surface area contributed by atoms with Crippen LogP contribution in [0.15, 0.2) is 48.7 Å². The molecule has 2 aromatic carbocycles. The largest absolute Gasteiger partial charge is 0.366 e. The zero-order valence-electron chi connectivity index (χ0n) is 15.6. The Morgan fingerprint density at radius 1 is 1.10 bits per heavy atom. The van der Waals surface area contributed by atoms with Gasteiger partial charge in [-0.3, -0.25) is 14.7 Å². The Balaban J connectivity index is 1.72. The van der Waals surface area contributed by atoms with Gasteiger partial charge in [-0.1, -0.05) is 24.3 Å². The van der Waals surface area contributed by atoms with E-state index in [-0.39, 0.29) is 22.9 Å². The topological polar surface area (TPSA) is 93.4 Å². The second kappa shape index (κ2) is 7.53. The lowest BCUT2D eigenvalue weighted by Crippen LogP contribution is -2.39. The minimum Gasteiger partial charge on any atom is -0.366 e. The second-order valence-electron chi connectivity index (χ2n) is 7.20. The fraction of sp³-hybridized carbons (Fsp3) is 0.238. The Labute approximate surface area is 168 Å². The first-order valence-electron chi connectivity index (χ1n) is 9.22. The maximum absolute atomic E-state index is 13.4. The van der Waals surface area contributed by atoms with Gasteiger partial charge in [0.15, 0.2) is 9.84 Å². The average molecular weight is 413 g/mol. The fourth-order valence-electron chi connectivity index (χ4n) is 3.62. The van der Waals surface area contributed by atoms with Gasteiger partial charge in [0.25, 0.3) is 5.91 Å². The van der Waals surface area contributed by atoms with E-state index in [2.05, 4.69) is 9.88 Å². The molecule has 6 nitrogen and oxygen atoms in total. The Morgan fingerprint density at radius 2 is 1.79 bits per heavy atom. The van der Waals surface area contributed by atoms with E-state index in [1.54, 1.807) is 12.1 Å². The molecule has 0 bridgehead atoms. The van der Waals surface area contributed by atoms with E-state index >= 15 is 0 Å². The van der Waals surface area contributed by atoms with Crippen LogP contribution >= 0.6 is 0 Å². The number of hydrogen-bond acceptors (Lipinski definition) is 5. The fourth-order valence-corrected chi connectivity index (χ4v) is 4.90. The highest BCUT2D eigenvalue weighted by Crippen LogP contribution is 2.32. The number of nitrogens with two attached hydrogens (primary N) is 1. The minimum atomic E-state index is -2.92. The lowest BCUT2D eigenvalue weighted by Gasteiger charge is -2.26. The molecule has 3 aromatic rings. The van der Waals surface area contributed by atoms with Crippen LogP contribution in [0.25, 0.3) is 22.0 Å². The Morgan fingerprint density at radius 3 is 2.45 bits per heavy atom. The maximum Gasteiger partial charge on any atom is 0.250 e. The molecular formula is C21H20FN3O3S. The van der Waals surface area contributed by atoms with E-state index in [4.69, 9.17) is 5.73 Å². The van der Waals surface area contributed by atoms with Crippen LogP contribution < -0.4 is 5.73 Å². The molecule has 0 unspecified atom stereocenters. The van der Waals surface area contributed by atoms with Crippen LogP contribution in [0.5, 0.6) is 0 Å². The number of aromatic nitrogens is 1. The van der Waals surface area contributed by atoms with Crippen molar-refractivity contribution in [2.75, 3.05) is 24.6 Å². The normalized spacial score (nSPS) is 16.7. The van der Waals surface area contributed by atoms with Gasteiger partial charge >= 0.3 is 0 Å². The van der Waals surface area contributed by atoms with E-state index in [0.717, 1.165) is 10.9 Å². The molecule has 0 spiro atoms. The molecule has 1 fully saturated rings. The minimum absolute atomic E-state index is 0.176. The number of pyridine rings is 1. The van der Waals surface area contributed by atoms with Crippen molar-refractivity contribution >= 4 is 26.6 Å². The average Bonchev–Trinajstić information content (AvgIpc) is 2.69. The van der Waals surface area contributed by atoms with Gasteiger partial charge in [0, 0.05) is 36.8 Å². The standard InChI is InChI=1S/C21H20FN3O3S/c22-16-4-2-15(3-5-16)20-17-6-1-14(11-19(17)24-12-18(20)21(23)26)13-25-7-9-29(27,28)10-8-25/h1-6,11-12H,7-10,13H2,(H2,23,26). The zero-order valence-corrected chi connectivity index (χ0v) is 16.5. The lowest BCUT2D eigenvalue weighted by molar-refractivity contribution is 0.100. The van der Waals surface area contributed by atoms with Crippen LogP contribution in [0.3, 0.4) is 0 Å². The third kappa shape index (κ3) is 4.13. The number of halogens is 1. The second-order valence-corrected chi connectivity index (χ2v) is 9.50. The number of fused-ring (bicyclic) bond motifs is 1. The summed E-state index contributed by atoms with van der Waals surface area (Å²) in [4.78, 5) is 18.4. The molecule has 1 aliphatic heterocycles. The number of carbonyl (C=O) groups excluding carboxylic acids is 1. The predicted octanol–water partition coefficient (Wildman–Crippen LogP) is 2.37. The summed E-state index contributed by atoms with van der Waals surface area (Å²) in [6, 6.07) is 11.6. The van der Waals surface area contributed by atoms with E-state index in [9.17, 15) is 17.6 Å². The van der Waals surface area contributed by atoms with Crippen molar-refractivity contribution in [3.8, 4) is 11.1 Å². The number of amides is 1. The molecule has 150 valence electrons. The van der Waals surface area contributed by atoms with Crippen LogP contribution in [0, 0.1) is 5.82 Å². The van der Waals surface area contributed by atoms with Crippen molar-refractivity contribution < 1.29 is 17.6 Å². The number of hydrogen-bond donors (Lipinski definition) is 1. The van der Waals surface area contributed by atoms with Crippen LogP contribution in [0.4, 0.5) is 4.39 Å². The molecule has 1 aliphatic rings. The van der Waals surface area contributed by atoms with Gasteiger partial charge in [-0.25, -0.2) is 12.8 Å². The summed E-state index contributed by atoms with van der Waals surface area (Å²) in [7, 11) is -2.92. The quantitative estimate of drug-likeness (QED) is 0.709. The van der Waals surface area contributed by atoms with Crippen molar-refractivity contribution in [3.05, 3.63) is 65.6 Å². The maximum atomic E-state index is 13.4. The van der Waals surface area contributed by atoms with Gasteiger partial charge in [-0.15, -0.1) is 0 Å². The molecule has 1 aromatic heterocycles. The van der Waals surface area contributed by atoms with E-state index in [0.29, 0.717) is 36.3 Å². The van der Waals surface area contributed by atoms with Crippen LogP contribution in [0.2, 0.25) is 0 Å². The Hall–Kier alpha value is -2.84. The summed E-state index contributed by atoms with van der Waals surface area (Å²) >= 11 is 0. The highest BCUT2D eigenvalue weighted by Gasteiger charge is 2.22. The monoisotopic (exact) mass is 413 g/mol. The predicted molar refractivity (Wildman–Crippen MR) is 110 cm³/mol. The molecule has 2 heterocycles.